The van der Waals surface area contributed by atoms with E-state index < -0.39 is 0 Å². The van der Waals surface area contributed by atoms with Gasteiger partial charge in [-0.25, -0.2) is 0 Å². The van der Waals surface area contributed by atoms with Crippen molar-refractivity contribution in [1.82, 2.24) is 4.90 Å². The van der Waals surface area contributed by atoms with Gasteiger partial charge in [-0.3, -0.25) is 14.5 Å². The predicted octanol–water partition coefficient (Wildman–Crippen LogP) is 2.32. The van der Waals surface area contributed by atoms with Gasteiger partial charge >= 0.3 is 0 Å². The Morgan fingerprint density at radius 1 is 1.10 bits per heavy atom. The Morgan fingerprint density at radius 2 is 1.83 bits per heavy atom. The van der Waals surface area contributed by atoms with E-state index >= 15 is 0 Å². The van der Waals surface area contributed by atoms with Crippen LogP contribution in [0.3, 0.4) is 0 Å². The lowest BCUT2D eigenvalue weighted by molar-refractivity contribution is -0.135. The Hall–Kier alpha value is -3.32. The number of fused-ring (bicyclic) bond motifs is 1. The van der Waals surface area contributed by atoms with Gasteiger partial charge in [-0.2, -0.15) is 0 Å². The molecule has 2 heterocycles. The van der Waals surface area contributed by atoms with Gasteiger partial charge in [0.2, 0.25) is 5.91 Å². The van der Waals surface area contributed by atoms with E-state index in [4.69, 9.17) is 14.2 Å². The second-order valence-electron chi connectivity index (χ2n) is 6.74. The molecule has 7 nitrogen and oxygen atoms in total. The maximum absolute atomic E-state index is 13.1. The highest BCUT2D eigenvalue weighted by Gasteiger charge is 2.32. The third-order valence-electron chi connectivity index (χ3n) is 4.90. The highest BCUT2D eigenvalue weighted by molar-refractivity contribution is 6.12. The molecule has 0 radical (unpaired) electrons. The molecule has 1 saturated heterocycles. The molecule has 0 N–H and O–H groups in total. The number of carbonyl (C=O) groups excluding carboxylic acids is 2. The second-order valence-corrected chi connectivity index (χ2v) is 6.74. The van der Waals surface area contributed by atoms with E-state index in [0.717, 1.165) is 11.3 Å². The molecule has 4 rings (SSSR count). The lowest BCUT2D eigenvalue weighted by Crippen LogP contribution is -2.48. The summed E-state index contributed by atoms with van der Waals surface area (Å²) in [4.78, 5) is 29.1. The minimum Gasteiger partial charge on any atom is -0.497 e. The number of anilines is 1. The first-order valence-corrected chi connectivity index (χ1v) is 9.46. The highest BCUT2D eigenvalue weighted by atomic mass is 16.5. The quantitative estimate of drug-likeness (QED) is 0.745. The lowest BCUT2D eigenvalue weighted by Gasteiger charge is -2.33. The average Bonchev–Trinajstić information content (AvgIpc) is 2.77. The van der Waals surface area contributed by atoms with Gasteiger partial charge in [0.1, 0.15) is 12.3 Å². The van der Waals surface area contributed by atoms with Crippen LogP contribution in [-0.2, 0) is 14.3 Å². The number of carbonyl (C=O) groups is 2. The SMILES string of the molecule is COc1ccc(/C=C2\Oc3ccccc3N(CC(=O)N3CCOCC3)C2=O)cc1. The minimum absolute atomic E-state index is 0.0425. The van der Waals surface area contributed by atoms with E-state index in [9.17, 15) is 9.59 Å². The summed E-state index contributed by atoms with van der Waals surface area (Å²) in [6.07, 6.45) is 1.67. The number of para-hydroxylation sites is 2. The number of benzene rings is 2. The summed E-state index contributed by atoms with van der Waals surface area (Å²) in [6, 6.07) is 14.5. The summed E-state index contributed by atoms with van der Waals surface area (Å²) in [5.41, 5.74) is 1.39. The summed E-state index contributed by atoms with van der Waals surface area (Å²) in [5, 5.41) is 0. The molecule has 2 aromatic carbocycles. The van der Waals surface area contributed by atoms with Crippen molar-refractivity contribution in [3.8, 4) is 11.5 Å². The first kappa shape index (κ1) is 19.0. The largest absolute Gasteiger partial charge is 0.497 e. The van der Waals surface area contributed by atoms with Crippen molar-refractivity contribution in [2.24, 2.45) is 0 Å². The van der Waals surface area contributed by atoms with Crippen LogP contribution in [0.5, 0.6) is 11.5 Å². The smallest absolute Gasteiger partial charge is 0.294 e. The predicted molar refractivity (Wildman–Crippen MR) is 108 cm³/mol. The number of ether oxygens (including phenoxy) is 3. The molecule has 2 amide bonds. The van der Waals surface area contributed by atoms with Gasteiger partial charge in [-0.1, -0.05) is 24.3 Å². The zero-order chi connectivity index (χ0) is 20.2. The van der Waals surface area contributed by atoms with Crippen molar-refractivity contribution < 1.29 is 23.8 Å². The molecule has 0 aliphatic carbocycles. The van der Waals surface area contributed by atoms with Crippen molar-refractivity contribution in [2.45, 2.75) is 0 Å². The van der Waals surface area contributed by atoms with Gasteiger partial charge in [0.05, 0.1) is 26.0 Å². The number of methoxy groups -OCH3 is 1. The fraction of sp³-hybridized carbons (Fsp3) is 0.273. The first-order valence-electron chi connectivity index (χ1n) is 9.46. The van der Waals surface area contributed by atoms with E-state index in [1.54, 1.807) is 30.2 Å². The van der Waals surface area contributed by atoms with E-state index in [2.05, 4.69) is 0 Å². The summed E-state index contributed by atoms with van der Waals surface area (Å²) in [5.74, 6) is 0.986. The van der Waals surface area contributed by atoms with E-state index in [1.165, 1.54) is 4.90 Å². The summed E-state index contributed by atoms with van der Waals surface area (Å²) in [6.45, 7) is 2.06. The molecule has 2 aromatic rings. The molecular weight excluding hydrogens is 372 g/mol. The summed E-state index contributed by atoms with van der Waals surface area (Å²) < 4.78 is 16.3. The van der Waals surface area contributed by atoms with Gasteiger partial charge < -0.3 is 19.1 Å². The van der Waals surface area contributed by atoms with Gasteiger partial charge in [0.15, 0.2) is 11.5 Å². The fourth-order valence-corrected chi connectivity index (χ4v) is 3.32. The van der Waals surface area contributed by atoms with Crippen LogP contribution in [-0.4, -0.2) is 56.7 Å². The topological polar surface area (TPSA) is 68.3 Å². The highest BCUT2D eigenvalue weighted by Crippen LogP contribution is 2.35. The number of hydrogen-bond donors (Lipinski definition) is 0. The number of nitrogens with zero attached hydrogens (tertiary/aromatic N) is 2. The van der Waals surface area contributed by atoms with Crippen LogP contribution in [0.1, 0.15) is 5.56 Å². The average molecular weight is 394 g/mol. The molecule has 29 heavy (non-hydrogen) atoms. The maximum atomic E-state index is 13.1. The number of hydrogen-bond acceptors (Lipinski definition) is 5. The zero-order valence-corrected chi connectivity index (χ0v) is 16.2. The monoisotopic (exact) mass is 394 g/mol. The molecule has 0 atom stereocenters. The molecule has 2 aliphatic heterocycles. The summed E-state index contributed by atoms with van der Waals surface area (Å²) in [7, 11) is 1.60. The van der Waals surface area contributed by atoms with Crippen molar-refractivity contribution in [3.05, 3.63) is 59.9 Å². The third-order valence-corrected chi connectivity index (χ3v) is 4.90. The first-order chi connectivity index (χ1) is 14.2. The normalized spacial score (nSPS) is 17.7. The zero-order valence-electron chi connectivity index (χ0n) is 16.2. The van der Waals surface area contributed by atoms with Crippen molar-refractivity contribution >= 4 is 23.6 Å². The van der Waals surface area contributed by atoms with E-state index in [-0.39, 0.29) is 24.1 Å². The molecular formula is C22H22N2O5. The second kappa shape index (κ2) is 8.36. The number of amides is 2. The Balaban J connectivity index is 1.61. The minimum atomic E-state index is -0.346. The number of rotatable bonds is 4. The van der Waals surface area contributed by atoms with E-state index in [1.807, 2.05) is 36.4 Å². The standard InChI is InChI=1S/C22H22N2O5/c1-27-17-8-6-16(7-9-17)14-20-22(26)24(18-4-2-3-5-19(18)29-20)15-21(25)23-10-12-28-13-11-23/h2-9,14H,10-13,15H2,1H3/b20-14-. The van der Waals surface area contributed by atoms with Crippen LogP contribution < -0.4 is 14.4 Å². The molecule has 1 fully saturated rings. The molecule has 150 valence electrons. The van der Waals surface area contributed by atoms with Gasteiger partial charge in [0.25, 0.3) is 5.91 Å². The van der Waals surface area contributed by atoms with Gasteiger partial charge in [-0.15, -0.1) is 0 Å². The van der Waals surface area contributed by atoms with Crippen LogP contribution in [0.4, 0.5) is 5.69 Å². The van der Waals surface area contributed by atoms with Crippen LogP contribution in [0.25, 0.3) is 6.08 Å². The van der Waals surface area contributed by atoms with Gasteiger partial charge in [-0.05, 0) is 35.9 Å². The van der Waals surface area contributed by atoms with Crippen LogP contribution >= 0.6 is 0 Å². The third kappa shape index (κ3) is 4.09. The fourth-order valence-electron chi connectivity index (χ4n) is 3.32. The number of morpholine rings is 1. The van der Waals surface area contributed by atoms with Crippen LogP contribution in [0.15, 0.2) is 54.3 Å². The summed E-state index contributed by atoms with van der Waals surface area (Å²) >= 11 is 0. The molecule has 0 aromatic heterocycles. The molecule has 7 heteroatoms. The molecule has 0 unspecified atom stereocenters. The molecule has 0 saturated carbocycles. The Kier molecular flexibility index (Phi) is 5.48. The van der Waals surface area contributed by atoms with Crippen LogP contribution in [0, 0.1) is 0 Å². The maximum Gasteiger partial charge on any atom is 0.294 e. The van der Waals surface area contributed by atoms with Crippen molar-refractivity contribution in [3.63, 3.8) is 0 Å². The van der Waals surface area contributed by atoms with Crippen molar-refractivity contribution in [2.75, 3.05) is 44.9 Å². The Labute approximate surface area is 169 Å². The van der Waals surface area contributed by atoms with E-state index in [0.29, 0.717) is 37.7 Å². The molecule has 2 aliphatic rings. The molecule has 0 bridgehead atoms. The van der Waals surface area contributed by atoms with Gasteiger partial charge in [0, 0.05) is 13.1 Å². The van der Waals surface area contributed by atoms with Crippen LogP contribution in [0.2, 0.25) is 0 Å². The molecule has 0 spiro atoms. The Bertz CT molecular complexity index is 932. The Morgan fingerprint density at radius 3 is 2.55 bits per heavy atom. The van der Waals surface area contributed by atoms with Crippen molar-refractivity contribution in [1.29, 1.82) is 0 Å². The lowest BCUT2D eigenvalue weighted by atomic mass is 10.1.